The molecular weight excluding hydrogens is 434 g/mol. The molecule has 1 aliphatic carbocycles. The standard InChI is InChI=1S/C21H21N5O3S2/c22-19-18-14-5-1-2-6-16(14)31-20(18)24-21(23-19)30-11-17(27)25-9-3-4-12-10-13(26(28)29)7-8-15(12)25/h7-8,10H,1-6,9,11H2,(H2,22,23,24). The topological polar surface area (TPSA) is 115 Å². The van der Waals surface area contributed by atoms with E-state index >= 15 is 0 Å². The van der Waals surface area contributed by atoms with Gasteiger partial charge in [0, 0.05) is 29.2 Å². The van der Waals surface area contributed by atoms with Crippen LogP contribution in [0.15, 0.2) is 23.4 Å². The van der Waals surface area contributed by atoms with E-state index in [1.54, 1.807) is 28.4 Å². The zero-order valence-electron chi connectivity index (χ0n) is 16.8. The number of anilines is 2. The van der Waals surface area contributed by atoms with Gasteiger partial charge in [-0.1, -0.05) is 11.8 Å². The predicted octanol–water partition coefficient (Wildman–Crippen LogP) is 4.13. The van der Waals surface area contributed by atoms with E-state index in [1.807, 2.05) is 0 Å². The second kappa shape index (κ2) is 8.08. The summed E-state index contributed by atoms with van der Waals surface area (Å²) in [4.78, 5) is 36.7. The molecule has 8 nitrogen and oxygen atoms in total. The van der Waals surface area contributed by atoms with E-state index in [0.717, 1.165) is 47.2 Å². The van der Waals surface area contributed by atoms with Crippen molar-refractivity contribution in [3.05, 3.63) is 44.3 Å². The second-order valence-electron chi connectivity index (χ2n) is 7.79. The lowest BCUT2D eigenvalue weighted by molar-refractivity contribution is -0.384. The highest BCUT2D eigenvalue weighted by molar-refractivity contribution is 7.99. The van der Waals surface area contributed by atoms with Gasteiger partial charge in [0.1, 0.15) is 10.6 Å². The Hall–Kier alpha value is -2.72. The number of aromatic nitrogens is 2. The van der Waals surface area contributed by atoms with Crippen molar-refractivity contribution in [1.82, 2.24) is 9.97 Å². The number of hydrogen-bond donors (Lipinski definition) is 1. The van der Waals surface area contributed by atoms with Gasteiger partial charge in [-0.3, -0.25) is 14.9 Å². The van der Waals surface area contributed by atoms with Gasteiger partial charge in [-0.2, -0.15) is 0 Å². The fraction of sp³-hybridized carbons (Fsp3) is 0.381. The van der Waals surface area contributed by atoms with Crippen molar-refractivity contribution in [2.45, 2.75) is 43.7 Å². The summed E-state index contributed by atoms with van der Waals surface area (Å²) in [6.45, 7) is 0.601. The van der Waals surface area contributed by atoms with Crippen LogP contribution in [0.5, 0.6) is 0 Å². The highest BCUT2D eigenvalue weighted by Crippen LogP contribution is 2.38. The largest absolute Gasteiger partial charge is 0.383 e. The third kappa shape index (κ3) is 3.74. The van der Waals surface area contributed by atoms with Crippen LogP contribution in [-0.4, -0.2) is 33.1 Å². The number of hydrogen-bond acceptors (Lipinski definition) is 8. The Bertz CT molecular complexity index is 1210. The maximum atomic E-state index is 12.9. The van der Waals surface area contributed by atoms with E-state index in [9.17, 15) is 14.9 Å². The number of non-ortho nitro benzene ring substituents is 1. The first-order valence-corrected chi connectivity index (χ1v) is 12.1. The second-order valence-corrected chi connectivity index (χ2v) is 9.82. The molecule has 0 atom stereocenters. The Balaban J connectivity index is 1.34. The van der Waals surface area contributed by atoms with Crippen molar-refractivity contribution < 1.29 is 9.72 Å². The van der Waals surface area contributed by atoms with Crippen LogP contribution >= 0.6 is 23.1 Å². The Morgan fingerprint density at radius 2 is 2.06 bits per heavy atom. The number of fused-ring (bicyclic) bond motifs is 4. The Labute approximate surface area is 187 Å². The Kier molecular flexibility index (Phi) is 5.27. The summed E-state index contributed by atoms with van der Waals surface area (Å²) in [5.41, 5.74) is 9.22. The summed E-state index contributed by atoms with van der Waals surface area (Å²) in [7, 11) is 0. The molecule has 31 heavy (non-hydrogen) atoms. The van der Waals surface area contributed by atoms with Crippen LogP contribution in [0.3, 0.4) is 0 Å². The molecular formula is C21H21N5O3S2. The average molecular weight is 456 g/mol. The van der Waals surface area contributed by atoms with Crippen molar-refractivity contribution in [3.8, 4) is 0 Å². The number of nitrogens with zero attached hydrogens (tertiary/aromatic N) is 4. The van der Waals surface area contributed by atoms with Gasteiger partial charge >= 0.3 is 0 Å². The van der Waals surface area contributed by atoms with Gasteiger partial charge in [-0.25, -0.2) is 9.97 Å². The smallest absolute Gasteiger partial charge is 0.269 e. The Morgan fingerprint density at radius 1 is 1.23 bits per heavy atom. The van der Waals surface area contributed by atoms with E-state index in [0.29, 0.717) is 17.5 Å². The molecule has 0 saturated heterocycles. The van der Waals surface area contributed by atoms with Gasteiger partial charge in [0.15, 0.2) is 5.16 Å². The molecule has 3 heterocycles. The van der Waals surface area contributed by atoms with Gasteiger partial charge in [-0.05, 0) is 55.7 Å². The maximum Gasteiger partial charge on any atom is 0.269 e. The average Bonchev–Trinajstić information content (AvgIpc) is 3.15. The number of nitro benzene ring substituents is 1. The first kappa shape index (κ1) is 20.2. The van der Waals surface area contributed by atoms with Crippen LogP contribution in [0, 0.1) is 10.1 Å². The lowest BCUT2D eigenvalue weighted by Crippen LogP contribution is -2.36. The molecule has 1 aromatic carbocycles. The third-order valence-electron chi connectivity index (χ3n) is 5.84. The molecule has 2 aliphatic rings. The van der Waals surface area contributed by atoms with Crippen molar-refractivity contribution in [2.24, 2.45) is 0 Å². The van der Waals surface area contributed by atoms with Crippen LogP contribution in [-0.2, 0) is 24.1 Å². The first-order valence-electron chi connectivity index (χ1n) is 10.3. The van der Waals surface area contributed by atoms with Crippen LogP contribution in [0.25, 0.3) is 10.2 Å². The lowest BCUT2D eigenvalue weighted by atomic mass is 9.97. The summed E-state index contributed by atoms with van der Waals surface area (Å²) in [6.07, 6.45) is 5.98. The number of carbonyl (C=O) groups excluding carboxylic acids is 1. The van der Waals surface area contributed by atoms with Gasteiger partial charge in [0.05, 0.1) is 16.1 Å². The quantitative estimate of drug-likeness (QED) is 0.272. The van der Waals surface area contributed by atoms with Crippen LogP contribution < -0.4 is 10.6 Å². The number of benzene rings is 1. The maximum absolute atomic E-state index is 12.9. The lowest BCUT2D eigenvalue weighted by Gasteiger charge is -2.29. The molecule has 2 aromatic heterocycles. The molecule has 0 radical (unpaired) electrons. The number of nitrogen functional groups attached to an aromatic ring is 1. The zero-order valence-corrected chi connectivity index (χ0v) is 18.4. The SMILES string of the molecule is Nc1nc(SCC(=O)N2CCCc3cc([N+](=O)[O-])ccc32)nc2sc3c(c12)CCCC3. The molecule has 0 spiro atoms. The summed E-state index contributed by atoms with van der Waals surface area (Å²) in [6, 6.07) is 4.69. The molecule has 5 rings (SSSR count). The minimum atomic E-state index is -0.406. The van der Waals surface area contributed by atoms with Crippen LogP contribution in [0.4, 0.5) is 17.2 Å². The van der Waals surface area contributed by atoms with Gasteiger partial charge < -0.3 is 10.6 Å². The van der Waals surface area contributed by atoms with Crippen LogP contribution in [0.2, 0.25) is 0 Å². The fourth-order valence-electron chi connectivity index (χ4n) is 4.39. The zero-order chi connectivity index (χ0) is 21.5. The molecule has 160 valence electrons. The predicted molar refractivity (Wildman–Crippen MR) is 123 cm³/mol. The first-order chi connectivity index (χ1) is 15.0. The number of amides is 1. The van der Waals surface area contributed by atoms with E-state index < -0.39 is 4.92 Å². The molecule has 2 N–H and O–H groups in total. The van der Waals surface area contributed by atoms with Crippen molar-refractivity contribution in [1.29, 1.82) is 0 Å². The molecule has 0 bridgehead atoms. The minimum Gasteiger partial charge on any atom is -0.383 e. The fourth-order valence-corrected chi connectivity index (χ4v) is 6.44. The molecule has 10 heteroatoms. The van der Waals surface area contributed by atoms with Crippen molar-refractivity contribution in [3.63, 3.8) is 0 Å². The molecule has 1 amide bonds. The molecule has 0 saturated carbocycles. The summed E-state index contributed by atoms with van der Waals surface area (Å²) < 4.78 is 0. The van der Waals surface area contributed by atoms with Crippen molar-refractivity contribution >= 4 is 56.4 Å². The monoisotopic (exact) mass is 455 g/mol. The van der Waals surface area contributed by atoms with Gasteiger partial charge in [-0.15, -0.1) is 11.3 Å². The molecule has 0 fully saturated rings. The van der Waals surface area contributed by atoms with Crippen LogP contribution in [0.1, 0.15) is 35.3 Å². The number of thioether (sulfide) groups is 1. The number of aryl methyl sites for hydroxylation is 3. The number of thiophene rings is 1. The number of carbonyl (C=O) groups is 1. The van der Waals surface area contributed by atoms with E-state index in [-0.39, 0.29) is 17.3 Å². The molecule has 3 aromatic rings. The van der Waals surface area contributed by atoms with Crippen molar-refractivity contribution in [2.75, 3.05) is 22.9 Å². The van der Waals surface area contributed by atoms with Gasteiger partial charge in [0.2, 0.25) is 5.91 Å². The highest BCUT2D eigenvalue weighted by Gasteiger charge is 2.25. The number of rotatable bonds is 4. The number of nitrogens with two attached hydrogens (primary N) is 1. The van der Waals surface area contributed by atoms with E-state index in [4.69, 9.17) is 5.73 Å². The van der Waals surface area contributed by atoms with E-state index in [2.05, 4.69) is 9.97 Å². The molecule has 1 aliphatic heterocycles. The molecule has 0 unspecified atom stereocenters. The minimum absolute atomic E-state index is 0.0539. The third-order valence-corrected chi connectivity index (χ3v) is 7.86. The summed E-state index contributed by atoms with van der Waals surface area (Å²) in [5.74, 6) is 0.620. The number of nitro groups is 1. The summed E-state index contributed by atoms with van der Waals surface area (Å²) >= 11 is 2.97. The highest BCUT2D eigenvalue weighted by atomic mass is 32.2. The van der Waals surface area contributed by atoms with Gasteiger partial charge in [0.25, 0.3) is 5.69 Å². The summed E-state index contributed by atoms with van der Waals surface area (Å²) in [5, 5.41) is 12.5. The van der Waals surface area contributed by atoms with E-state index in [1.165, 1.54) is 41.1 Å². The Morgan fingerprint density at radius 3 is 2.90 bits per heavy atom. The normalized spacial score (nSPS) is 15.5.